The summed E-state index contributed by atoms with van der Waals surface area (Å²) in [6.45, 7) is 1.74. The van der Waals surface area contributed by atoms with E-state index in [0.29, 0.717) is 25.3 Å². The molecule has 1 rings (SSSR count). The molecular formula is C12H16BrNO2S. The van der Waals surface area contributed by atoms with Gasteiger partial charge in [0.25, 0.3) is 5.91 Å². The highest BCUT2D eigenvalue weighted by Gasteiger charge is 2.03. The Labute approximate surface area is 114 Å². The second-order valence-electron chi connectivity index (χ2n) is 3.29. The molecule has 0 fully saturated rings. The van der Waals surface area contributed by atoms with Crippen LogP contribution >= 0.6 is 27.7 Å². The van der Waals surface area contributed by atoms with Crippen LogP contribution in [0.25, 0.3) is 0 Å². The number of benzene rings is 1. The molecule has 0 radical (unpaired) electrons. The van der Waals surface area contributed by atoms with E-state index in [9.17, 15) is 4.79 Å². The smallest absolute Gasteiger partial charge is 0.251 e. The van der Waals surface area contributed by atoms with E-state index in [1.807, 2.05) is 30.5 Å². The van der Waals surface area contributed by atoms with Crippen molar-refractivity contribution < 1.29 is 9.53 Å². The Morgan fingerprint density at radius 2 is 2.06 bits per heavy atom. The summed E-state index contributed by atoms with van der Waals surface area (Å²) < 4.78 is 5.24. The Bertz CT molecular complexity index is 343. The van der Waals surface area contributed by atoms with Crippen LogP contribution in [0, 0.1) is 0 Å². The van der Waals surface area contributed by atoms with Crippen molar-refractivity contribution in [3.63, 3.8) is 0 Å². The van der Waals surface area contributed by atoms with Crippen molar-refractivity contribution in [2.75, 3.05) is 31.3 Å². The maximum Gasteiger partial charge on any atom is 0.251 e. The van der Waals surface area contributed by atoms with Crippen molar-refractivity contribution in [2.45, 2.75) is 4.90 Å². The lowest BCUT2D eigenvalue weighted by Crippen LogP contribution is -2.27. The van der Waals surface area contributed by atoms with Crippen LogP contribution < -0.4 is 5.32 Å². The molecule has 0 spiro atoms. The first kappa shape index (κ1) is 14.5. The van der Waals surface area contributed by atoms with Crippen molar-refractivity contribution >= 4 is 33.6 Å². The topological polar surface area (TPSA) is 38.3 Å². The number of carbonyl (C=O) groups excluding carboxylic acids is 1. The molecule has 1 aromatic rings. The molecular weight excluding hydrogens is 302 g/mol. The van der Waals surface area contributed by atoms with Gasteiger partial charge in [-0.15, -0.1) is 11.8 Å². The van der Waals surface area contributed by atoms with Crippen LogP contribution in [-0.4, -0.2) is 37.3 Å². The van der Waals surface area contributed by atoms with E-state index in [-0.39, 0.29) is 5.91 Å². The standard InChI is InChI=1S/C12H16BrNO2S/c1-17-11-4-2-10(3-5-11)12(15)14-7-9-16-8-6-13/h2-5H,6-9H2,1H3,(H,14,15). The number of alkyl halides is 1. The van der Waals surface area contributed by atoms with Crippen molar-refractivity contribution in [2.24, 2.45) is 0 Å². The molecule has 0 heterocycles. The molecule has 0 atom stereocenters. The molecule has 1 aromatic carbocycles. The minimum Gasteiger partial charge on any atom is -0.379 e. The summed E-state index contributed by atoms with van der Waals surface area (Å²) >= 11 is 4.93. The lowest BCUT2D eigenvalue weighted by atomic mass is 10.2. The van der Waals surface area contributed by atoms with Crippen molar-refractivity contribution in [3.05, 3.63) is 29.8 Å². The van der Waals surface area contributed by atoms with Gasteiger partial charge in [-0.05, 0) is 30.5 Å². The zero-order chi connectivity index (χ0) is 12.5. The number of hydrogen-bond acceptors (Lipinski definition) is 3. The summed E-state index contributed by atoms with van der Waals surface area (Å²) in [5.74, 6) is -0.0555. The molecule has 0 unspecified atom stereocenters. The summed E-state index contributed by atoms with van der Waals surface area (Å²) in [4.78, 5) is 12.8. The molecule has 17 heavy (non-hydrogen) atoms. The highest BCUT2D eigenvalue weighted by molar-refractivity contribution is 9.09. The molecule has 0 saturated carbocycles. The van der Waals surface area contributed by atoms with Gasteiger partial charge >= 0.3 is 0 Å². The summed E-state index contributed by atoms with van der Waals surface area (Å²) in [5.41, 5.74) is 0.684. The minimum atomic E-state index is -0.0555. The lowest BCUT2D eigenvalue weighted by Gasteiger charge is -2.06. The molecule has 0 aliphatic rings. The Hall–Kier alpha value is -0.520. The van der Waals surface area contributed by atoms with Crippen LogP contribution in [0.2, 0.25) is 0 Å². The van der Waals surface area contributed by atoms with Gasteiger partial charge in [0.1, 0.15) is 0 Å². The van der Waals surface area contributed by atoms with Crippen molar-refractivity contribution in [1.82, 2.24) is 5.32 Å². The van der Waals surface area contributed by atoms with Gasteiger partial charge in [0.05, 0.1) is 13.2 Å². The third-order valence-electron chi connectivity index (χ3n) is 2.11. The summed E-state index contributed by atoms with van der Waals surface area (Å²) in [6.07, 6.45) is 2.01. The van der Waals surface area contributed by atoms with Crippen LogP contribution in [0.5, 0.6) is 0 Å². The summed E-state index contributed by atoms with van der Waals surface area (Å²) in [5, 5.41) is 3.63. The van der Waals surface area contributed by atoms with Gasteiger partial charge in [-0.2, -0.15) is 0 Å². The predicted molar refractivity (Wildman–Crippen MR) is 75.2 cm³/mol. The molecule has 94 valence electrons. The normalized spacial score (nSPS) is 10.2. The van der Waals surface area contributed by atoms with E-state index in [1.54, 1.807) is 11.8 Å². The van der Waals surface area contributed by atoms with Crippen LogP contribution in [0.3, 0.4) is 0 Å². The zero-order valence-corrected chi connectivity index (χ0v) is 12.1. The van der Waals surface area contributed by atoms with Gasteiger partial charge in [-0.25, -0.2) is 0 Å². The maximum atomic E-state index is 11.7. The number of thioether (sulfide) groups is 1. The lowest BCUT2D eigenvalue weighted by molar-refractivity contribution is 0.0924. The highest BCUT2D eigenvalue weighted by Crippen LogP contribution is 2.14. The number of carbonyl (C=O) groups is 1. The number of amides is 1. The van der Waals surface area contributed by atoms with Crippen LogP contribution in [0.1, 0.15) is 10.4 Å². The number of ether oxygens (including phenoxy) is 1. The van der Waals surface area contributed by atoms with Gasteiger partial charge in [0.2, 0.25) is 0 Å². The minimum absolute atomic E-state index is 0.0555. The second-order valence-corrected chi connectivity index (χ2v) is 4.96. The molecule has 0 aromatic heterocycles. The Kier molecular flexibility index (Phi) is 7.32. The first-order valence-electron chi connectivity index (χ1n) is 5.34. The van der Waals surface area contributed by atoms with Crippen molar-refractivity contribution in [3.8, 4) is 0 Å². The van der Waals surface area contributed by atoms with Crippen LogP contribution in [-0.2, 0) is 4.74 Å². The first-order chi connectivity index (χ1) is 8.27. The average molecular weight is 318 g/mol. The third-order valence-corrected chi connectivity index (χ3v) is 3.17. The van der Waals surface area contributed by atoms with Gasteiger partial charge in [-0.3, -0.25) is 4.79 Å². The molecule has 1 N–H and O–H groups in total. The van der Waals surface area contributed by atoms with Gasteiger partial charge in [0.15, 0.2) is 0 Å². The van der Waals surface area contributed by atoms with Gasteiger partial charge in [0, 0.05) is 22.3 Å². The van der Waals surface area contributed by atoms with Gasteiger partial charge in [-0.1, -0.05) is 15.9 Å². The molecule has 0 bridgehead atoms. The fraction of sp³-hybridized carbons (Fsp3) is 0.417. The van der Waals surface area contributed by atoms with Gasteiger partial charge < -0.3 is 10.1 Å². The Balaban J connectivity index is 2.31. The SMILES string of the molecule is CSc1ccc(C(=O)NCCOCCBr)cc1. The van der Waals surface area contributed by atoms with E-state index in [0.717, 1.165) is 10.2 Å². The maximum absolute atomic E-state index is 11.7. The fourth-order valence-electron chi connectivity index (χ4n) is 1.24. The molecule has 5 heteroatoms. The summed E-state index contributed by atoms with van der Waals surface area (Å²) in [6, 6.07) is 7.56. The molecule has 1 amide bonds. The number of halogens is 1. The predicted octanol–water partition coefficient (Wildman–Crippen LogP) is 2.55. The quantitative estimate of drug-likeness (QED) is 0.477. The monoisotopic (exact) mass is 317 g/mol. The largest absolute Gasteiger partial charge is 0.379 e. The first-order valence-corrected chi connectivity index (χ1v) is 7.68. The summed E-state index contributed by atoms with van der Waals surface area (Å²) in [7, 11) is 0. The van der Waals surface area contributed by atoms with E-state index in [4.69, 9.17) is 4.74 Å². The number of nitrogens with one attached hydrogen (secondary N) is 1. The van der Waals surface area contributed by atoms with Crippen molar-refractivity contribution in [1.29, 1.82) is 0 Å². The van der Waals surface area contributed by atoms with E-state index in [1.165, 1.54) is 0 Å². The van der Waals surface area contributed by atoms with E-state index >= 15 is 0 Å². The molecule has 3 nitrogen and oxygen atoms in total. The number of hydrogen-bond donors (Lipinski definition) is 1. The van der Waals surface area contributed by atoms with E-state index in [2.05, 4.69) is 21.2 Å². The fourth-order valence-corrected chi connectivity index (χ4v) is 1.87. The molecule has 0 aliphatic heterocycles. The second kappa shape index (κ2) is 8.55. The third kappa shape index (κ3) is 5.57. The average Bonchev–Trinajstić information content (AvgIpc) is 2.38. The molecule has 0 aliphatic carbocycles. The molecule has 0 saturated heterocycles. The Morgan fingerprint density at radius 3 is 2.65 bits per heavy atom. The highest BCUT2D eigenvalue weighted by atomic mass is 79.9. The van der Waals surface area contributed by atoms with Crippen LogP contribution in [0.4, 0.5) is 0 Å². The zero-order valence-electron chi connectivity index (χ0n) is 9.74. The number of rotatable bonds is 7. The van der Waals surface area contributed by atoms with Crippen LogP contribution in [0.15, 0.2) is 29.2 Å². The van der Waals surface area contributed by atoms with E-state index < -0.39 is 0 Å². The Morgan fingerprint density at radius 1 is 1.35 bits per heavy atom.